The molecule has 0 bridgehead atoms. The maximum absolute atomic E-state index is 12.2. The molecule has 0 aliphatic carbocycles. The molecule has 5 aromatic rings. The molecule has 13 nitrogen and oxygen atoms in total. The number of piperazine rings is 1. The van der Waals surface area contributed by atoms with Gasteiger partial charge in [0.25, 0.3) is 5.95 Å². The monoisotopic (exact) mass is 610 g/mol. The quantitative estimate of drug-likeness (QED) is 0.194. The van der Waals surface area contributed by atoms with E-state index in [1.807, 2.05) is 66.2 Å². The summed E-state index contributed by atoms with van der Waals surface area (Å²) in [5, 5.41) is 4.29. The van der Waals surface area contributed by atoms with Gasteiger partial charge in [0.2, 0.25) is 11.8 Å². The Morgan fingerprint density at radius 2 is 1.80 bits per heavy atom. The van der Waals surface area contributed by atoms with Gasteiger partial charge in [-0.1, -0.05) is 42.5 Å². The van der Waals surface area contributed by atoms with E-state index < -0.39 is 5.97 Å². The second kappa shape index (κ2) is 13.6. The van der Waals surface area contributed by atoms with Gasteiger partial charge in [-0.05, 0) is 30.2 Å². The smallest absolute Gasteiger partial charge is 0.341 e. The van der Waals surface area contributed by atoms with Crippen LogP contribution in [0.25, 0.3) is 17.1 Å². The predicted molar refractivity (Wildman–Crippen MR) is 164 cm³/mol. The summed E-state index contributed by atoms with van der Waals surface area (Å²) < 4.78 is 20.5. The van der Waals surface area contributed by atoms with Crippen LogP contribution < -0.4 is 9.47 Å². The topological polar surface area (TPSA) is 130 Å². The minimum Gasteiger partial charge on any atom is -0.492 e. The minimum atomic E-state index is -0.475. The number of nitrogens with zero attached hydrogens (tertiary/aromatic N) is 8. The van der Waals surface area contributed by atoms with Crippen molar-refractivity contribution in [2.24, 2.45) is 0 Å². The van der Waals surface area contributed by atoms with Crippen molar-refractivity contribution in [3.05, 3.63) is 90.0 Å². The van der Waals surface area contributed by atoms with Crippen LogP contribution in [0.4, 0.5) is 0 Å². The number of rotatable bonds is 12. The van der Waals surface area contributed by atoms with Crippen molar-refractivity contribution in [1.29, 1.82) is 0 Å². The van der Waals surface area contributed by atoms with Gasteiger partial charge in [-0.25, -0.2) is 14.5 Å². The van der Waals surface area contributed by atoms with Crippen LogP contribution in [0, 0.1) is 0 Å². The molecule has 0 radical (unpaired) electrons. The number of fused-ring (bicyclic) bond motifs is 1. The Balaban J connectivity index is 1.19. The summed E-state index contributed by atoms with van der Waals surface area (Å²) in [6.45, 7) is 5.98. The molecule has 4 heterocycles. The number of aromatic nitrogens is 6. The zero-order valence-electron chi connectivity index (χ0n) is 25.2. The molecular weight excluding hydrogens is 576 g/mol. The number of amides is 1. The van der Waals surface area contributed by atoms with Crippen molar-refractivity contribution >= 4 is 23.0 Å². The normalized spacial score (nSPS) is 13.7. The molecule has 0 atom stereocenters. The third kappa shape index (κ3) is 7.10. The Hall–Kier alpha value is -5.30. The van der Waals surface area contributed by atoms with Crippen molar-refractivity contribution in [3.63, 3.8) is 0 Å². The molecule has 2 aromatic carbocycles. The van der Waals surface area contributed by atoms with Crippen LogP contribution in [0.15, 0.2) is 73.3 Å². The summed E-state index contributed by atoms with van der Waals surface area (Å²) >= 11 is 0. The third-order valence-electron chi connectivity index (χ3n) is 7.43. The van der Waals surface area contributed by atoms with Crippen molar-refractivity contribution < 1.29 is 23.8 Å². The summed E-state index contributed by atoms with van der Waals surface area (Å²) in [7, 11) is 1.83. The molecule has 13 heteroatoms. The standard InChI is InChI=1S/C32H34N8O5/c1-3-43-31(42)25-17-34-40(19-25)32-35-29-28(30(36-32)45-21-24-7-5-4-6-8-24)33-22-39(29)18-23-9-11-26(12-10-23)44-16-15-38-14-13-37(2)27(41)20-38/h4-12,17,19,22H,3,13-16,18,20-21H2,1-2H3. The lowest BCUT2D eigenvalue weighted by Crippen LogP contribution is -2.49. The second-order valence-corrected chi connectivity index (χ2v) is 10.6. The number of benzene rings is 2. The van der Waals surface area contributed by atoms with E-state index >= 15 is 0 Å². The average Bonchev–Trinajstić information content (AvgIpc) is 3.71. The fourth-order valence-corrected chi connectivity index (χ4v) is 4.88. The zero-order valence-corrected chi connectivity index (χ0v) is 25.2. The lowest BCUT2D eigenvalue weighted by atomic mass is 10.2. The van der Waals surface area contributed by atoms with Crippen molar-refractivity contribution in [3.8, 4) is 17.6 Å². The Bertz CT molecular complexity index is 1770. The van der Waals surface area contributed by atoms with E-state index in [9.17, 15) is 9.59 Å². The highest BCUT2D eigenvalue weighted by Crippen LogP contribution is 2.25. The van der Waals surface area contributed by atoms with Crippen LogP contribution in [-0.2, 0) is 22.7 Å². The van der Waals surface area contributed by atoms with Gasteiger partial charge in [-0.3, -0.25) is 9.69 Å². The summed E-state index contributed by atoms with van der Waals surface area (Å²) in [4.78, 5) is 42.0. The Labute approximate surface area is 260 Å². The molecule has 6 rings (SSSR count). The number of hydrogen-bond donors (Lipinski definition) is 0. The van der Waals surface area contributed by atoms with Gasteiger partial charge in [0.15, 0.2) is 11.2 Å². The molecule has 45 heavy (non-hydrogen) atoms. The van der Waals surface area contributed by atoms with Gasteiger partial charge >= 0.3 is 5.97 Å². The number of esters is 1. The summed E-state index contributed by atoms with van der Waals surface area (Å²) in [6.07, 6.45) is 4.65. The van der Waals surface area contributed by atoms with E-state index in [1.165, 1.54) is 17.1 Å². The number of carbonyl (C=O) groups is 2. The first-order valence-electron chi connectivity index (χ1n) is 14.8. The average molecular weight is 611 g/mol. The maximum Gasteiger partial charge on any atom is 0.341 e. The second-order valence-electron chi connectivity index (χ2n) is 10.6. The highest BCUT2D eigenvalue weighted by molar-refractivity contribution is 5.88. The highest BCUT2D eigenvalue weighted by atomic mass is 16.5. The van der Waals surface area contributed by atoms with Crippen molar-refractivity contribution in [2.75, 3.05) is 46.4 Å². The molecule has 1 fully saturated rings. The fraction of sp³-hybridized carbons (Fsp3) is 0.312. The Morgan fingerprint density at radius 3 is 2.58 bits per heavy atom. The van der Waals surface area contributed by atoms with Crippen LogP contribution in [-0.4, -0.2) is 97.4 Å². The number of carbonyl (C=O) groups excluding carboxylic acids is 2. The first-order chi connectivity index (χ1) is 22.0. The van der Waals surface area contributed by atoms with Crippen LogP contribution in [0.5, 0.6) is 11.6 Å². The molecule has 232 valence electrons. The lowest BCUT2D eigenvalue weighted by Gasteiger charge is -2.31. The van der Waals surface area contributed by atoms with Gasteiger partial charge in [0.1, 0.15) is 19.0 Å². The highest BCUT2D eigenvalue weighted by Gasteiger charge is 2.21. The fourth-order valence-electron chi connectivity index (χ4n) is 4.88. The van der Waals surface area contributed by atoms with Crippen LogP contribution in [0.2, 0.25) is 0 Å². The Morgan fingerprint density at radius 1 is 0.978 bits per heavy atom. The molecule has 0 spiro atoms. The SMILES string of the molecule is CCOC(=O)c1cnn(-c2nc(OCc3ccccc3)c3ncn(Cc4ccc(OCCN5CCN(C)C(=O)C5)cc4)c3n2)c1. The molecule has 1 aliphatic rings. The van der Waals surface area contributed by atoms with Crippen molar-refractivity contribution in [2.45, 2.75) is 20.1 Å². The van der Waals surface area contributed by atoms with Crippen LogP contribution >= 0.6 is 0 Å². The molecule has 1 aliphatic heterocycles. The number of hydrogen-bond acceptors (Lipinski definition) is 10. The van der Waals surface area contributed by atoms with Gasteiger partial charge in [0.05, 0.1) is 37.8 Å². The zero-order chi connectivity index (χ0) is 31.2. The first kappa shape index (κ1) is 29.8. The van der Waals surface area contributed by atoms with E-state index in [0.29, 0.717) is 55.5 Å². The third-order valence-corrected chi connectivity index (χ3v) is 7.43. The molecule has 0 N–H and O–H groups in total. The van der Waals surface area contributed by atoms with Crippen LogP contribution in [0.1, 0.15) is 28.4 Å². The molecular formula is C32H34N8O5. The minimum absolute atomic E-state index is 0.135. The lowest BCUT2D eigenvalue weighted by molar-refractivity contribution is -0.134. The number of imidazole rings is 1. The molecule has 3 aromatic heterocycles. The summed E-state index contributed by atoms with van der Waals surface area (Å²) in [6, 6.07) is 17.6. The van der Waals surface area contributed by atoms with E-state index in [0.717, 1.165) is 30.0 Å². The summed E-state index contributed by atoms with van der Waals surface area (Å²) in [5.74, 6) is 0.949. The maximum atomic E-state index is 12.2. The van der Waals surface area contributed by atoms with Gasteiger partial charge in [-0.2, -0.15) is 15.1 Å². The first-order valence-corrected chi connectivity index (χ1v) is 14.8. The Kier molecular flexibility index (Phi) is 8.96. The molecule has 1 amide bonds. The van der Waals surface area contributed by atoms with Gasteiger partial charge < -0.3 is 23.7 Å². The molecule has 0 unspecified atom stereocenters. The van der Waals surface area contributed by atoms with E-state index in [4.69, 9.17) is 19.2 Å². The number of ether oxygens (including phenoxy) is 3. The molecule has 0 saturated carbocycles. The van der Waals surface area contributed by atoms with Gasteiger partial charge in [-0.15, -0.1) is 0 Å². The molecule has 1 saturated heterocycles. The summed E-state index contributed by atoms with van der Waals surface area (Å²) in [5.41, 5.74) is 3.35. The van der Waals surface area contributed by atoms with E-state index in [1.54, 1.807) is 18.2 Å². The number of likely N-dealkylation sites (N-methyl/N-ethyl adjacent to an activating group) is 1. The van der Waals surface area contributed by atoms with Crippen LogP contribution in [0.3, 0.4) is 0 Å². The largest absolute Gasteiger partial charge is 0.492 e. The van der Waals surface area contributed by atoms with Crippen molar-refractivity contribution in [1.82, 2.24) is 39.1 Å². The predicted octanol–water partition coefficient (Wildman–Crippen LogP) is 2.97. The van der Waals surface area contributed by atoms with E-state index in [2.05, 4.69) is 20.0 Å². The van der Waals surface area contributed by atoms with E-state index in [-0.39, 0.29) is 18.5 Å². The van der Waals surface area contributed by atoms with Gasteiger partial charge in [0, 0.05) is 32.9 Å².